The lowest BCUT2D eigenvalue weighted by molar-refractivity contribution is -0.118. The average Bonchev–Trinajstić information content (AvgIpc) is 3.33. The van der Waals surface area contributed by atoms with Crippen LogP contribution >= 0.6 is 35.0 Å². The number of thioether (sulfide) groups is 1. The molecule has 1 amide bonds. The van der Waals surface area contributed by atoms with Crippen molar-refractivity contribution in [1.29, 1.82) is 0 Å². The molecule has 2 aromatic heterocycles. The van der Waals surface area contributed by atoms with Gasteiger partial charge >= 0.3 is 0 Å². The first kappa shape index (κ1) is 25.1. The number of para-hydroxylation sites is 1. The molecule has 0 bridgehead atoms. The molecule has 10 heteroatoms. The first-order valence-corrected chi connectivity index (χ1v) is 13.1. The second kappa shape index (κ2) is 10.8. The lowest BCUT2D eigenvalue weighted by atomic mass is 10.1. The number of fused-ring (bicyclic) bond motifs is 1. The summed E-state index contributed by atoms with van der Waals surface area (Å²) in [5, 5.41) is 24.4. The predicted octanol–water partition coefficient (Wildman–Crippen LogP) is 6.21. The minimum Gasteiger partial charge on any atom is -0.505 e. The summed E-state index contributed by atoms with van der Waals surface area (Å²) < 4.78 is 1.88. The van der Waals surface area contributed by atoms with Crippen molar-refractivity contribution in [3.63, 3.8) is 0 Å². The normalized spacial score (nSPS) is 11.1. The fourth-order valence-electron chi connectivity index (χ4n) is 3.90. The van der Waals surface area contributed by atoms with E-state index >= 15 is 0 Å². The van der Waals surface area contributed by atoms with Gasteiger partial charge in [-0.15, -0.1) is 10.2 Å². The van der Waals surface area contributed by atoms with Crippen molar-refractivity contribution < 1.29 is 9.90 Å². The van der Waals surface area contributed by atoms with E-state index in [1.807, 2.05) is 60.0 Å². The Hall–Kier alpha value is -3.59. The molecular formula is C27H21Cl2N5O2S. The average molecular weight is 550 g/mol. The Kier molecular flexibility index (Phi) is 7.32. The van der Waals surface area contributed by atoms with E-state index in [0.29, 0.717) is 37.5 Å². The number of phenolic OH excluding ortho intramolecular Hbond substituents is 1. The SMILES string of the molecule is Cc1ccc(-c2nnc(SCC(=O)NCc3cc(Cl)c4cccnc4c3O)n2-c2ccccc2)c(Cl)c1. The lowest BCUT2D eigenvalue weighted by Crippen LogP contribution is -2.24. The molecule has 2 N–H and O–H groups in total. The Morgan fingerprint density at radius 3 is 2.62 bits per heavy atom. The number of aromatic nitrogens is 4. The van der Waals surface area contributed by atoms with Gasteiger partial charge in [0.1, 0.15) is 11.3 Å². The van der Waals surface area contributed by atoms with Crippen LogP contribution in [-0.2, 0) is 11.3 Å². The molecule has 0 aliphatic carbocycles. The van der Waals surface area contributed by atoms with Crippen molar-refractivity contribution in [3.8, 4) is 22.8 Å². The van der Waals surface area contributed by atoms with E-state index in [1.54, 1.807) is 24.4 Å². The van der Waals surface area contributed by atoms with Crippen LogP contribution < -0.4 is 5.32 Å². The Bertz CT molecular complexity index is 1610. The number of carbonyl (C=O) groups is 1. The monoisotopic (exact) mass is 549 g/mol. The number of rotatable bonds is 7. The smallest absolute Gasteiger partial charge is 0.230 e. The Morgan fingerprint density at radius 1 is 1.03 bits per heavy atom. The topological polar surface area (TPSA) is 92.9 Å². The van der Waals surface area contributed by atoms with Crippen molar-refractivity contribution >= 4 is 51.8 Å². The molecule has 37 heavy (non-hydrogen) atoms. The van der Waals surface area contributed by atoms with Crippen LogP contribution in [0, 0.1) is 6.92 Å². The molecule has 0 saturated heterocycles. The summed E-state index contributed by atoms with van der Waals surface area (Å²) >= 11 is 14.1. The second-order valence-corrected chi connectivity index (χ2v) is 10.0. The van der Waals surface area contributed by atoms with E-state index < -0.39 is 0 Å². The van der Waals surface area contributed by atoms with E-state index in [1.165, 1.54) is 11.8 Å². The quantitative estimate of drug-likeness (QED) is 0.234. The summed E-state index contributed by atoms with van der Waals surface area (Å²) in [5.74, 6) is 0.435. The fourth-order valence-corrected chi connectivity index (χ4v) is 5.28. The van der Waals surface area contributed by atoms with E-state index in [0.717, 1.165) is 16.8 Å². The molecule has 0 spiro atoms. The van der Waals surface area contributed by atoms with E-state index in [2.05, 4.69) is 20.5 Å². The van der Waals surface area contributed by atoms with Gasteiger partial charge in [0.05, 0.1) is 15.8 Å². The summed E-state index contributed by atoms with van der Waals surface area (Å²) in [6.45, 7) is 2.08. The number of phenols is 1. The largest absolute Gasteiger partial charge is 0.505 e. The maximum atomic E-state index is 12.7. The zero-order chi connectivity index (χ0) is 25.9. The summed E-state index contributed by atoms with van der Waals surface area (Å²) in [5.41, 5.74) is 3.52. The van der Waals surface area contributed by atoms with Crippen LogP contribution in [0.2, 0.25) is 10.0 Å². The third-order valence-corrected chi connectivity index (χ3v) is 7.27. The first-order valence-electron chi connectivity index (χ1n) is 11.3. The van der Waals surface area contributed by atoms with Gasteiger partial charge in [-0.1, -0.05) is 59.2 Å². The lowest BCUT2D eigenvalue weighted by Gasteiger charge is -2.12. The van der Waals surface area contributed by atoms with E-state index in [-0.39, 0.29) is 24.0 Å². The highest BCUT2D eigenvalue weighted by molar-refractivity contribution is 7.99. The van der Waals surface area contributed by atoms with Crippen molar-refractivity contribution in [2.75, 3.05) is 5.75 Å². The highest BCUT2D eigenvalue weighted by atomic mass is 35.5. The minimum atomic E-state index is -0.237. The molecule has 0 aliphatic rings. The Morgan fingerprint density at radius 2 is 1.84 bits per heavy atom. The maximum absolute atomic E-state index is 12.7. The van der Waals surface area contributed by atoms with Gasteiger partial charge in [0.25, 0.3) is 0 Å². The Balaban J connectivity index is 1.35. The van der Waals surface area contributed by atoms with Gasteiger partial charge in [-0.2, -0.15) is 0 Å². The van der Waals surface area contributed by atoms with Crippen molar-refractivity contribution in [1.82, 2.24) is 25.1 Å². The molecule has 0 aliphatic heterocycles. The van der Waals surface area contributed by atoms with Crippen LogP contribution in [0.15, 0.2) is 78.1 Å². The van der Waals surface area contributed by atoms with Gasteiger partial charge in [-0.25, -0.2) is 0 Å². The molecule has 0 atom stereocenters. The van der Waals surface area contributed by atoms with Gasteiger partial charge in [-0.05, 0) is 55.0 Å². The summed E-state index contributed by atoms with van der Waals surface area (Å²) in [6, 6.07) is 20.6. The minimum absolute atomic E-state index is 0.00334. The zero-order valence-corrected chi connectivity index (χ0v) is 22.0. The van der Waals surface area contributed by atoms with Crippen LogP contribution in [0.3, 0.4) is 0 Å². The third-order valence-electron chi connectivity index (χ3n) is 5.72. The molecule has 0 unspecified atom stereocenters. The number of hydrogen-bond acceptors (Lipinski definition) is 6. The number of aryl methyl sites for hydroxylation is 1. The third kappa shape index (κ3) is 5.27. The number of carbonyl (C=O) groups excluding carboxylic acids is 1. The number of halogens is 2. The first-order chi connectivity index (χ1) is 17.9. The van der Waals surface area contributed by atoms with Crippen molar-refractivity contribution in [3.05, 3.63) is 94.1 Å². The number of nitrogens with one attached hydrogen (secondary N) is 1. The molecule has 0 radical (unpaired) electrons. The van der Waals surface area contributed by atoms with Gasteiger partial charge in [0.2, 0.25) is 5.91 Å². The van der Waals surface area contributed by atoms with Gasteiger partial charge in [0, 0.05) is 34.9 Å². The molecule has 5 rings (SSSR count). The fraction of sp³-hybridized carbons (Fsp3) is 0.111. The number of pyridine rings is 1. The van der Waals surface area contributed by atoms with Crippen molar-refractivity contribution in [2.45, 2.75) is 18.6 Å². The number of nitrogens with zero attached hydrogens (tertiary/aromatic N) is 4. The van der Waals surface area contributed by atoms with Crippen LogP contribution in [0.1, 0.15) is 11.1 Å². The molecule has 0 saturated carbocycles. The summed E-state index contributed by atoms with van der Waals surface area (Å²) in [7, 11) is 0. The predicted molar refractivity (Wildman–Crippen MR) is 148 cm³/mol. The standard InChI is InChI=1S/C27H21Cl2N5O2S/c1-16-9-10-20(21(28)12-16)26-32-33-27(34(26)18-6-3-2-4-7-18)37-15-23(35)31-14-17-13-22(29)19-8-5-11-30-24(19)25(17)36/h2-13,36H,14-15H2,1H3,(H,31,35). The highest BCUT2D eigenvalue weighted by Gasteiger charge is 2.19. The van der Waals surface area contributed by atoms with Crippen LogP contribution in [0.25, 0.3) is 28.0 Å². The van der Waals surface area contributed by atoms with E-state index in [4.69, 9.17) is 23.2 Å². The zero-order valence-electron chi connectivity index (χ0n) is 19.7. The number of amides is 1. The summed E-state index contributed by atoms with van der Waals surface area (Å²) in [6.07, 6.45) is 1.58. The van der Waals surface area contributed by atoms with Crippen LogP contribution in [0.4, 0.5) is 0 Å². The molecule has 7 nitrogen and oxygen atoms in total. The van der Waals surface area contributed by atoms with Gasteiger partial charge in [0.15, 0.2) is 11.0 Å². The molecule has 186 valence electrons. The molecular weight excluding hydrogens is 529 g/mol. The van der Waals surface area contributed by atoms with Crippen LogP contribution in [-0.4, -0.2) is 36.5 Å². The van der Waals surface area contributed by atoms with Gasteiger partial charge < -0.3 is 10.4 Å². The highest BCUT2D eigenvalue weighted by Crippen LogP contribution is 2.34. The molecule has 3 aromatic carbocycles. The molecule has 5 aromatic rings. The van der Waals surface area contributed by atoms with Crippen LogP contribution in [0.5, 0.6) is 5.75 Å². The molecule has 2 heterocycles. The molecule has 0 fully saturated rings. The number of aromatic hydroxyl groups is 1. The second-order valence-electron chi connectivity index (χ2n) is 8.29. The number of hydrogen-bond donors (Lipinski definition) is 2. The number of benzene rings is 3. The Labute approximate surface area is 227 Å². The van der Waals surface area contributed by atoms with Gasteiger partial charge in [-0.3, -0.25) is 14.3 Å². The van der Waals surface area contributed by atoms with E-state index in [9.17, 15) is 9.90 Å². The summed E-state index contributed by atoms with van der Waals surface area (Å²) in [4.78, 5) is 16.9. The van der Waals surface area contributed by atoms with Crippen molar-refractivity contribution in [2.24, 2.45) is 0 Å². The maximum Gasteiger partial charge on any atom is 0.230 e.